The third-order valence-electron chi connectivity index (χ3n) is 2.27. The van der Waals surface area contributed by atoms with E-state index in [1.807, 2.05) is 0 Å². The average molecular weight is 315 g/mol. The zero-order chi connectivity index (χ0) is 16.0. The van der Waals surface area contributed by atoms with Gasteiger partial charge in [-0.25, -0.2) is 9.52 Å². The highest BCUT2D eigenvalue weighted by Crippen LogP contribution is 2.17. The average Bonchev–Trinajstić information content (AvgIpc) is 2.36. The summed E-state index contributed by atoms with van der Waals surface area (Å²) in [7, 11) is -4.15. The van der Waals surface area contributed by atoms with Crippen molar-refractivity contribution in [1.82, 2.24) is 4.72 Å². The van der Waals surface area contributed by atoms with Gasteiger partial charge in [0.15, 0.2) is 0 Å². The van der Waals surface area contributed by atoms with Gasteiger partial charge in [-0.2, -0.15) is 8.42 Å². The summed E-state index contributed by atoms with van der Waals surface area (Å²) < 4.78 is 32.2. The van der Waals surface area contributed by atoms with Crippen LogP contribution in [0.15, 0.2) is 29.4 Å². The zero-order valence-electron chi connectivity index (χ0n) is 11.8. The number of amides is 1. The molecule has 0 radical (unpaired) electrons. The molecule has 0 aromatic heterocycles. The molecule has 1 amide bonds. The molecule has 3 N–H and O–H groups in total. The maximum Gasteiger partial charge on any atom is 0.422 e. The van der Waals surface area contributed by atoms with Gasteiger partial charge in [0, 0.05) is 5.56 Å². The van der Waals surface area contributed by atoms with E-state index in [2.05, 4.69) is 14.6 Å². The van der Waals surface area contributed by atoms with E-state index in [1.54, 1.807) is 36.8 Å². The number of benzene rings is 1. The zero-order valence-corrected chi connectivity index (χ0v) is 12.6. The van der Waals surface area contributed by atoms with Crippen molar-refractivity contribution in [2.45, 2.75) is 26.9 Å². The Morgan fingerprint density at radius 3 is 2.52 bits per heavy atom. The number of carbonyl (C=O) groups excluding carboxylic acids is 1. The lowest BCUT2D eigenvalue weighted by Crippen LogP contribution is -2.37. The number of oxime groups is 1. The first kappa shape index (κ1) is 16.8. The fraction of sp³-hybridized carbons (Fsp3) is 0.333. The highest BCUT2D eigenvalue weighted by Gasteiger charge is 2.18. The van der Waals surface area contributed by atoms with E-state index < -0.39 is 22.4 Å². The molecule has 0 spiro atoms. The van der Waals surface area contributed by atoms with Gasteiger partial charge < -0.3 is 9.94 Å². The molecule has 0 fully saturated rings. The van der Waals surface area contributed by atoms with Crippen LogP contribution in [0.3, 0.4) is 0 Å². The molecule has 0 saturated carbocycles. The van der Waals surface area contributed by atoms with Crippen molar-refractivity contribution in [3.8, 4) is 0 Å². The summed E-state index contributed by atoms with van der Waals surface area (Å²) >= 11 is 0. The van der Waals surface area contributed by atoms with E-state index in [0.29, 0.717) is 5.56 Å². The van der Waals surface area contributed by atoms with Crippen molar-refractivity contribution in [2.75, 3.05) is 4.72 Å². The molecule has 1 rings (SSSR count). The number of hydrogen-bond donors (Lipinski definition) is 3. The summed E-state index contributed by atoms with van der Waals surface area (Å²) in [6.07, 6.45) is -1.53. The van der Waals surface area contributed by atoms with E-state index in [4.69, 9.17) is 5.21 Å². The van der Waals surface area contributed by atoms with Crippen LogP contribution in [0.5, 0.6) is 0 Å². The molecule has 1 aromatic rings. The highest BCUT2D eigenvalue weighted by atomic mass is 32.2. The molecule has 8 nitrogen and oxygen atoms in total. The van der Waals surface area contributed by atoms with E-state index >= 15 is 0 Å². The lowest BCUT2D eigenvalue weighted by molar-refractivity contribution is 0.121. The first-order chi connectivity index (χ1) is 9.75. The minimum absolute atomic E-state index is 0.164. The Labute approximate surface area is 123 Å². The molecular weight excluding hydrogens is 298 g/mol. The quantitative estimate of drug-likeness (QED) is 0.434. The molecule has 0 aliphatic rings. The number of rotatable bonds is 5. The normalized spacial score (nSPS) is 12.1. The Balaban J connectivity index is 2.93. The molecule has 0 unspecified atom stereocenters. The van der Waals surface area contributed by atoms with Gasteiger partial charge in [-0.1, -0.05) is 23.4 Å². The van der Waals surface area contributed by atoms with Crippen molar-refractivity contribution in [1.29, 1.82) is 0 Å². The number of ether oxygens (including phenoxy) is 1. The van der Waals surface area contributed by atoms with Gasteiger partial charge in [0.2, 0.25) is 0 Å². The van der Waals surface area contributed by atoms with Gasteiger partial charge in [-0.3, -0.25) is 4.72 Å². The van der Waals surface area contributed by atoms with Crippen LogP contribution in [-0.4, -0.2) is 31.5 Å². The molecule has 0 bridgehead atoms. The summed E-state index contributed by atoms with van der Waals surface area (Å²) in [4.78, 5) is 11.3. The molecule has 116 valence electrons. The van der Waals surface area contributed by atoms with Crippen molar-refractivity contribution in [2.24, 2.45) is 5.16 Å². The molecule has 0 aliphatic heterocycles. The van der Waals surface area contributed by atoms with Gasteiger partial charge in [0.05, 0.1) is 17.5 Å². The SMILES string of the molecule is C/C(=N\O)c1ccccc1NS(=O)(=O)NC(=O)OC(C)C. The Morgan fingerprint density at radius 2 is 1.95 bits per heavy atom. The maximum absolute atomic E-state index is 11.8. The molecule has 9 heteroatoms. The van der Waals surface area contributed by atoms with Gasteiger partial charge >= 0.3 is 16.3 Å². The number of para-hydroxylation sites is 1. The van der Waals surface area contributed by atoms with E-state index in [1.165, 1.54) is 13.0 Å². The minimum atomic E-state index is -4.15. The Hall–Kier alpha value is -2.29. The predicted molar refractivity (Wildman–Crippen MR) is 77.7 cm³/mol. The minimum Gasteiger partial charge on any atom is -0.446 e. The number of carbonyl (C=O) groups is 1. The monoisotopic (exact) mass is 315 g/mol. The van der Waals surface area contributed by atoms with E-state index in [-0.39, 0.29) is 11.4 Å². The van der Waals surface area contributed by atoms with Crippen molar-refractivity contribution in [3.63, 3.8) is 0 Å². The Morgan fingerprint density at radius 1 is 1.33 bits per heavy atom. The lowest BCUT2D eigenvalue weighted by atomic mass is 10.1. The molecule has 0 aliphatic carbocycles. The number of hydrogen-bond acceptors (Lipinski definition) is 6. The standard InChI is InChI=1S/C12H17N3O5S/c1-8(2)20-12(16)15-21(18,19)14-11-7-5-4-6-10(11)9(3)13-17/h4-8,14,17H,1-3H3,(H,15,16)/b13-9+. The van der Waals surface area contributed by atoms with Crippen LogP contribution in [0, 0.1) is 0 Å². The topological polar surface area (TPSA) is 117 Å². The maximum atomic E-state index is 11.8. The Kier molecular flexibility index (Phi) is 5.53. The smallest absolute Gasteiger partial charge is 0.422 e. The number of nitrogens with one attached hydrogen (secondary N) is 2. The van der Waals surface area contributed by atoms with Crippen LogP contribution in [0.4, 0.5) is 10.5 Å². The summed E-state index contributed by atoms with van der Waals surface area (Å²) in [5.41, 5.74) is 0.762. The van der Waals surface area contributed by atoms with Gasteiger partial charge in [-0.15, -0.1) is 0 Å². The summed E-state index contributed by atoms with van der Waals surface area (Å²) in [6, 6.07) is 6.29. The van der Waals surface area contributed by atoms with Crippen LogP contribution in [-0.2, 0) is 14.9 Å². The largest absolute Gasteiger partial charge is 0.446 e. The van der Waals surface area contributed by atoms with E-state index in [9.17, 15) is 13.2 Å². The fourth-order valence-electron chi connectivity index (χ4n) is 1.46. The lowest BCUT2D eigenvalue weighted by Gasteiger charge is -2.13. The first-order valence-electron chi connectivity index (χ1n) is 6.04. The van der Waals surface area contributed by atoms with Crippen LogP contribution >= 0.6 is 0 Å². The van der Waals surface area contributed by atoms with Crippen molar-refractivity contribution >= 4 is 27.7 Å². The second-order valence-electron chi connectivity index (χ2n) is 4.39. The van der Waals surface area contributed by atoms with Crippen molar-refractivity contribution < 1.29 is 23.2 Å². The summed E-state index contributed by atoms with van der Waals surface area (Å²) in [6.45, 7) is 4.69. The third-order valence-corrected chi connectivity index (χ3v) is 3.20. The summed E-state index contributed by atoms with van der Waals surface area (Å²) in [5, 5.41) is 11.8. The third kappa shape index (κ3) is 5.30. The highest BCUT2D eigenvalue weighted by molar-refractivity contribution is 7.91. The van der Waals surface area contributed by atoms with Gasteiger partial charge in [-0.05, 0) is 26.8 Å². The second-order valence-corrected chi connectivity index (χ2v) is 5.81. The fourth-order valence-corrected chi connectivity index (χ4v) is 2.25. The van der Waals surface area contributed by atoms with Gasteiger partial charge in [0.1, 0.15) is 0 Å². The predicted octanol–water partition coefficient (Wildman–Crippen LogP) is 1.68. The van der Waals surface area contributed by atoms with Crippen LogP contribution < -0.4 is 9.44 Å². The van der Waals surface area contributed by atoms with Crippen LogP contribution in [0.2, 0.25) is 0 Å². The second kappa shape index (κ2) is 6.93. The van der Waals surface area contributed by atoms with Gasteiger partial charge in [0.25, 0.3) is 0 Å². The molecule has 0 saturated heterocycles. The molecule has 1 aromatic carbocycles. The van der Waals surface area contributed by atoms with E-state index in [0.717, 1.165) is 0 Å². The van der Waals surface area contributed by atoms with Crippen LogP contribution in [0.25, 0.3) is 0 Å². The Bertz CT molecular complexity index is 640. The van der Waals surface area contributed by atoms with Crippen molar-refractivity contribution in [3.05, 3.63) is 29.8 Å². The number of anilines is 1. The molecular formula is C12H17N3O5S. The first-order valence-corrected chi connectivity index (χ1v) is 7.52. The van der Waals surface area contributed by atoms with Crippen LogP contribution in [0.1, 0.15) is 26.3 Å². The molecule has 21 heavy (non-hydrogen) atoms. The molecule has 0 heterocycles. The summed E-state index contributed by atoms with van der Waals surface area (Å²) in [5.74, 6) is 0. The molecule has 0 atom stereocenters. The number of nitrogens with zero attached hydrogens (tertiary/aromatic N) is 1.